The van der Waals surface area contributed by atoms with Crippen LogP contribution in [0.4, 0.5) is 5.69 Å². The molecule has 0 atom stereocenters. The molecule has 2 N–H and O–H groups in total. The van der Waals surface area contributed by atoms with Gasteiger partial charge in [0.05, 0.1) is 25.4 Å². The maximum Gasteiger partial charge on any atom is 0.338 e. The van der Waals surface area contributed by atoms with Crippen LogP contribution in [-0.4, -0.2) is 39.5 Å². The quantitative estimate of drug-likeness (QED) is 0.471. The van der Waals surface area contributed by atoms with E-state index in [-0.39, 0.29) is 6.61 Å². The molecule has 106 valence electrons. The van der Waals surface area contributed by atoms with E-state index in [4.69, 9.17) is 19.9 Å². The summed E-state index contributed by atoms with van der Waals surface area (Å²) in [5.74, 6) is -0.402. The molecule has 0 aliphatic carbocycles. The fourth-order valence-electron chi connectivity index (χ4n) is 1.43. The van der Waals surface area contributed by atoms with Crippen molar-refractivity contribution in [3.8, 4) is 0 Å². The van der Waals surface area contributed by atoms with Crippen LogP contribution in [0, 0.1) is 6.92 Å². The summed E-state index contributed by atoms with van der Waals surface area (Å²) < 4.78 is 15.9. The Balaban J connectivity index is 2.46. The predicted octanol–water partition coefficient (Wildman–Crippen LogP) is 2.16. The maximum atomic E-state index is 11.9. The van der Waals surface area contributed by atoms with Crippen LogP contribution in [0.25, 0.3) is 0 Å². The molecule has 0 fully saturated rings. The number of carbonyl (C=O) groups excluding carboxylic acids is 1. The van der Waals surface area contributed by atoms with E-state index >= 15 is 0 Å². The fraction of sp³-hybridized carbons (Fsp3) is 0.462. The summed E-state index contributed by atoms with van der Waals surface area (Å²) in [6.07, 6.45) is 0. The number of benzene rings is 1. The third kappa shape index (κ3) is 5.18. The van der Waals surface area contributed by atoms with Gasteiger partial charge in [-0.05, 0) is 24.6 Å². The lowest BCUT2D eigenvalue weighted by Crippen LogP contribution is -2.14. The van der Waals surface area contributed by atoms with E-state index in [1.807, 2.05) is 0 Å². The highest BCUT2D eigenvalue weighted by atomic mass is 79.9. The Kier molecular flexibility index (Phi) is 6.83. The van der Waals surface area contributed by atoms with Gasteiger partial charge in [0.25, 0.3) is 0 Å². The zero-order chi connectivity index (χ0) is 14.3. The van der Waals surface area contributed by atoms with Gasteiger partial charge >= 0.3 is 5.97 Å². The highest BCUT2D eigenvalue weighted by Crippen LogP contribution is 2.23. The second-order valence-corrected chi connectivity index (χ2v) is 4.82. The molecule has 0 unspecified atom stereocenters. The van der Waals surface area contributed by atoms with Gasteiger partial charge in [0, 0.05) is 17.3 Å². The van der Waals surface area contributed by atoms with Gasteiger partial charge in [0.2, 0.25) is 0 Å². The van der Waals surface area contributed by atoms with Gasteiger partial charge in [0.15, 0.2) is 0 Å². The Morgan fingerprint density at radius 3 is 2.63 bits per heavy atom. The zero-order valence-corrected chi connectivity index (χ0v) is 12.7. The van der Waals surface area contributed by atoms with Crippen molar-refractivity contribution in [3.63, 3.8) is 0 Å². The minimum Gasteiger partial charge on any atom is -0.460 e. The number of methoxy groups -OCH3 is 1. The van der Waals surface area contributed by atoms with Gasteiger partial charge in [-0.3, -0.25) is 0 Å². The van der Waals surface area contributed by atoms with Gasteiger partial charge in [-0.15, -0.1) is 0 Å². The summed E-state index contributed by atoms with van der Waals surface area (Å²) in [6.45, 7) is 3.34. The Bertz CT molecular complexity index is 437. The van der Waals surface area contributed by atoms with E-state index in [1.54, 1.807) is 26.2 Å². The summed E-state index contributed by atoms with van der Waals surface area (Å²) >= 11 is 3.30. The van der Waals surface area contributed by atoms with Crippen molar-refractivity contribution in [2.45, 2.75) is 6.92 Å². The van der Waals surface area contributed by atoms with Crippen molar-refractivity contribution >= 4 is 27.6 Å². The smallest absolute Gasteiger partial charge is 0.338 e. The standard InChI is InChI=1S/C13H18BrNO4/c1-9-11(7-10(14)8-12(9)15)13(16)19-6-5-18-4-3-17-2/h7-8H,3-6,15H2,1-2H3. The van der Waals surface area contributed by atoms with Crippen molar-refractivity contribution < 1.29 is 19.0 Å². The minimum absolute atomic E-state index is 0.203. The number of halogens is 1. The van der Waals surface area contributed by atoms with Crippen LogP contribution >= 0.6 is 15.9 Å². The molecule has 1 aromatic carbocycles. The second-order valence-electron chi connectivity index (χ2n) is 3.91. The first-order valence-electron chi connectivity index (χ1n) is 5.85. The molecule has 0 bridgehead atoms. The molecule has 6 heteroatoms. The number of anilines is 1. The molecular weight excluding hydrogens is 314 g/mol. The highest BCUT2D eigenvalue weighted by Gasteiger charge is 2.13. The number of esters is 1. The SMILES string of the molecule is COCCOCCOC(=O)c1cc(Br)cc(N)c1C. The third-order valence-electron chi connectivity index (χ3n) is 2.53. The number of ether oxygens (including phenoxy) is 3. The first-order chi connectivity index (χ1) is 9.06. The fourth-order valence-corrected chi connectivity index (χ4v) is 1.90. The van der Waals surface area contributed by atoms with Crippen LogP contribution in [0.5, 0.6) is 0 Å². The lowest BCUT2D eigenvalue weighted by atomic mass is 10.1. The van der Waals surface area contributed by atoms with Gasteiger partial charge in [-0.1, -0.05) is 15.9 Å². The normalized spacial score (nSPS) is 10.5. The Hall–Kier alpha value is -1.11. The largest absolute Gasteiger partial charge is 0.460 e. The number of hydrogen-bond acceptors (Lipinski definition) is 5. The lowest BCUT2D eigenvalue weighted by molar-refractivity contribution is 0.0213. The molecule has 0 aliphatic rings. The number of carbonyl (C=O) groups is 1. The summed E-state index contributed by atoms with van der Waals surface area (Å²) in [7, 11) is 1.60. The van der Waals surface area contributed by atoms with Gasteiger partial charge < -0.3 is 19.9 Å². The predicted molar refractivity (Wildman–Crippen MR) is 76.3 cm³/mol. The van der Waals surface area contributed by atoms with Crippen molar-refractivity contribution in [1.82, 2.24) is 0 Å². The second kappa shape index (κ2) is 8.14. The zero-order valence-electron chi connectivity index (χ0n) is 11.1. The molecule has 0 saturated heterocycles. The Morgan fingerprint density at radius 1 is 1.26 bits per heavy atom. The van der Waals surface area contributed by atoms with E-state index in [1.165, 1.54) is 0 Å². The molecule has 0 amide bonds. The van der Waals surface area contributed by atoms with Crippen molar-refractivity contribution in [2.24, 2.45) is 0 Å². The monoisotopic (exact) mass is 331 g/mol. The van der Waals surface area contributed by atoms with E-state index in [0.717, 1.165) is 4.47 Å². The van der Waals surface area contributed by atoms with Crippen LogP contribution < -0.4 is 5.73 Å². The molecule has 0 aliphatic heterocycles. The summed E-state index contributed by atoms with van der Waals surface area (Å²) in [5.41, 5.74) is 7.52. The average molecular weight is 332 g/mol. The average Bonchev–Trinajstić information content (AvgIpc) is 2.37. The number of nitrogen functional groups attached to an aromatic ring is 1. The van der Waals surface area contributed by atoms with Crippen LogP contribution in [0.1, 0.15) is 15.9 Å². The summed E-state index contributed by atoms with van der Waals surface area (Å²) in [4.78, 5) is 11.9. The van der Waals surface area contributed by atoms with Crippen molar-refractivity contribution in [3.05, 3.63) is 27.7 Å². The van der Waals surface area contributed by atoms with Crippen LogP contribution in [-0.2, 0) is 14.2 Å². The number of hydrogen-bond donors (Lipinski definition) is 1. The molecule has 0 heterocycles. The van der Waals surface area contributed by atoms with E-state index in [0.29, 0.717) is 36.6 Å². The minimum atomic E-state index is -0.402. The third-order valence-corrected chi connectivity index (χ3v) is 2.98. The summed E-state index contributed by atoms with van der Waals surface area (Å²) in [6, 6.07) is 3.44. The first kappa shape index (κ1) is 15.9. The molecule has 0 spiro atoms. The van der Waals surface area contributed by atoms with Crippen LogP contribution in [0.15, 0.2) is 16.6 Å². The molecule has 1 aromatic rings. The molecule has 19 heavy (non-hydrogen) atoms. The van der Waals surface area contributed by atoms with E-state index < -0.39 is 5.97 Å². The first-order valence-corrected chi connectivity index (χ1v) is 6.65. The topological polar surface area (TPSA) is 70.8 Å². The molecule has 0 radical (unpaired) electrons. The van der Waals surface area contributed by atoms with Gasteiger partial charge in [-0.2, -0.15) is 0 Å². The van der Waals surface area contributed by atoms with Crippen molar-refractivity contribution in [2.75, 3.05) is 39.3 Å². The Morgan fingerprint density at radius 2 is 1.95 bits per heavy atom. The maximum absolute atomic E-state index is 11.9. The van der Waals surface area contributed by atoms with E-state index in [2.05, 4.69) is 15.9 Å². The van der Waals surface area contributed by atoms with E-state index in [9.17, 15) is 4.79 Å². The van der Waals surface area contributed by atoms with Crippen LogP contribution in [0.3, 0.4) is 0 Å². The molecule has 1 rings (SSSR count). The molecule has 0 aromatic heterocycles. The Labute approximate surface area is 121 Å². The lowest BCUT2D eigenvalue weighted by Gasteiger charge is -2.10. The van der Waals surface area contributed by atoms with Crippen molar-refractivity contribution in [1.29, 1.82) is 0 Å². The van der Waals surface area contributed by atoms with Gasteiger partial charge in [0.1, 0.15) is 6.61 Å². The molecular formula is C13H18BrNO4. The number of rotatable bonds is 7. The highest BCUT2D eigenvalue weighted by molar-refractivity contribution is 9.10. The number of nitrogens with two attached hydrogens (primary N) is 1. The molecule has 5 nitrogen and oxygen atoms in total. The van der Waals surface area contributed by atoms with Gasteiger partial charge in [-0.25, -0.2) is 4.79 Å². The summed E-state index contributed by atoms with van der Waals surface area (Å²) in [5, 5.41) is 0. The van der Waals surface area contributed by atoms with Crippen LogP contribution in [0.2, 0.25) is 0 Å². The molecule has 0 saturated carbocycles.